The molecule has 12 rings (SSSR count). The van der Waals surface area contributed by atoms with Crippen LogP contribution in [0.15, 0.2) is 127 Å². The van der Waals surface area contributed by atoms with Gasteiger partial charge in [-0.15, -0.1) is 0 Å². The maximum atomic E-state index is 13.7. The summed E-state index contributed by atoms with van der Waals surface area (Å²) in [6.07, 6.45) is 0. The second-order valence-corrected chi connectivity index (χ2v) is 24.4. The Hall–Kier alpha value is -18.2. The molecule has 0 spiro atoms. The molecule has 0 aliphatic carbocycles. The van der Waals surface area contributed by atoms with E-state index in [1.54, 1.807) is 0 Å². The summed E-state index contributed by atoms with van der Waals surface area (Å²) in [5, 5.41) is 297. The van der Waals surface area contributed by atoms with Crippen molar-refractivity contribution in [2.75, 3.05) is 0 Å². The topological polar surface area (TPSA) is 750 Å². The predicted molar refractivity (Wildman–Crippen MR) is 398 cm³/mol. The molecular formula is C79H57F7O38. The summed E-state index contributed by atoms with van der Waals surface area (Å²) in [4.78, 5) is 72.3. The minimum Gasteiger partial charge on any atom is -0.505 e. The lowest BCUT2D eigenvalue weighted by atomic mass is 10.0. The lowest BCUT2D eigenvalue weighted by molar-refractivity contribution is 0.102. The molecule has 38 nitrogen and oxygen atoms in total. The molecule has 0 radical (unpaired) electrons. The van der Waals surface area contributed by atoms with E-state index in [0.717, 1.165) is 103 Å². The van der Waals surface area contributed by atoms with E-state index in [4.69, 9.17) is 46.0 Å². The van der Waals surface area contributed by atoms with E-state index in [9.17, 15) is 177 Å². The molecule has 32 N–H and O–H groups in total. The van der Waals surface area contributed by atoms with Crippen LogP contribution in [-0.4, -0.2) is 198 Å². The first-order chi connectivity index (χ1) is 57.2. The van der Waals surface area contributed by atoms with Gasteiger partial charge in [0.15, 0.2) is 225 Å². The van der Waals surface area contributed by atoms with E-state index in [2.05, 4.69) is 0 Å². The van der Waals surface area contributed by atoms with E-state index in [1.807, 2.05) is 0 Å². The van der Waals surface area contributed by atoms with Crippen LogP contribution in [0.3, 0.4) is 0 Å². The van der Waals surface area contributed by atoms with Crippen molar-refractivity contribution in [3.63, 3.8) is 0 Å². The molecule has 650 valence electrons. The number of carbonyl (C=O) groups excluding carboxylic acids is 6. The summed E-state index contributed by atoms with van der Waals surface area (Å²) in [7, 11) is 0. The van der Waals surface area contributed by atoms with E-state index in [1.165, 1.54) is 0 Å². The Morgan fingerprint density at radius 3 is 0.726 bits per heavy atom. The van der Waals surface area contributed by atoms with Crippen LogP contribution in [0.5, 0.6) is 184 Å². The smallest absolute Gasteiger partial charge is 0.211 e. The zero-order valence-corrected chi connectivity index (χ0v) is 60.0. The van der Waals surface area contributed by atoms with Crippen LogP contribution in [0.4, 0.5) is 30.7 Å². The van der Waals surface area contributed by atoms with Crippen molar-refractivity contribution in [2.24, 2.45) is 0 Å². The molecule has 12 aromatic rings. The van der Waals surface area contributed by atoms with Gasteiger partial charge < -0.3 is 163 Å². The number of halogens is 7. The van der Waals surface area contributed by atoms with Gasteiger partial charge in [-0.2, -0.15) is 17.6 Å². The standard InChI is InChI=1S/C13H8F2O6.2C13H9FO7.3C13H9FO6.CH4/c14-9-5(3-6(16)10(15)13(9)21)11(19)4-1-7(17)12(20)8(18)2-4;14-9-6(15)3-5(11(19)13(9)21)10(18)4-1-7(16)12(20)8(17)2-4;14-9-11(19)5(3-8(17)13(9)21)10(18)4-1-6(15)12(20)7(16)2-4;14-7-3-5(4-9(16)12(7)19)10(17)6-1-2-8(15)13(20)11(6)18;14-10-8(16)3-5(4-9(10)17)11(18)6-1-2-7(15)13(20)12(6)19;14-7-2-1-6(11(18)12(7)19)10(17)5-3-8(15)13(20)9(16)4-5;/h1-3,16-18,20-21H;2*1-3,15-17,19-21H;1-4,15-16,18-20H;1-4,15-17,19-20H;1-4,15-16,18-20H;1H4. The number of aromatic hydroxyl groups is 32. The largest absolute Gasteiger partial charge is 0.505 e. The van der Waals surface area contributed by atoms with Gasteiger partial charge in [0, 0.05) is 33.4 Å². The second-order valence-electron chi connectivity index (χ2n) is 24.4. The molecule has 0 aliphatic heterocycles. The van der Waals surface area contributed by atoms with E-state index >= 15 is 0 Å². The van der Waals surface area contributed by atoms with Crippen molar-refractivity contribution in [1.29, 1.82) is 0 Å². The summed E-state index contributed by atoms with van der Waals surface area (Å²) in [6.45, 7) is 0. The first-order valence-electron chi connectivity index (χ1n) is 32.3. The second kappa shape index (κ2) is 37.4. The Kier molecular flexibility index (Phi) is 28.5. The van der Waals surface area contributed by atoms with Crippen molar-refractivity contribution in [3.8, 4) is 184 Å². The molecule has 124 heavy (non-hydrogen) atoms. The van der Waals surface area contributed by atoms with Crippen molar-refractivity contribution < 1.29 is 223 Å². The normalized spacial score (nSPS) is 10.4. The van der Waals surface area contributed by atoms with Gasteiger partial charge in [0.05, 0.1) is 33.4 Å². The lowest BCUT2D eigenvalue weighted by Crippen LogP contribution is -2.05. The Balaban J connectivity index is 0.000000230. The molecule has 0 aromatic heterocycles. The number of rotatable bonds is 12. The van der Waals surface area contributed by atoms with Gasteiger partial charge in [0.1, 0.15) is 0 Å². The van der Waals surface area contributed by atoms with Gasteiger partial charge in [-0.1, -0.05) is 7.43 Å². The quantitative estimate of drug-likeness (QED) is 0.0234. The maximum absolute atomic E-state index is 13.7. The van der Waals surface area contributed by atoms with Gasteiger partial charge >= 0.3 is 0 Å². The molecule has 0 atom stereocenters. The summed E-state index contributed by atoms with van der Waals surface area (Å²) >= 11 is 0. The van der Waals surface area contributed by atoms with Crippen LogP contribution in [-0.2, 0) is 0 Å². The molecule has 0 aliphatic rings. The summed E-state index contributed by atoms with van der Waals surface area (Å²) in [5.74, 6) is -45.7. The number of phenols is 32. The van der Waals surface area contributed by atoms with Crippen LogP contribution < -0.4 is 0 Å². The highest BCUT2D eigenvalue weighted by atomic mass is 19.2. The van der Waals surface area contributed by atoms with E-state index < -0.39 is 293 Å². The van der Waals surface area contributed by atoms with Crippen LogP contribution in [0.2, 0.25) is 0 Å². The fourth-order valence-corrected chi connectivity index (χ4v) is 9.92. The van der Waals surface area contributed by atoms with Gasteiger partial charge in [-0.3, -0.25) is 28.8 Å². The minimum absolute atomic E-state index is 0. The van der Waals surface area contributed by atoms with Crippen molar-refractivity contribution in [1.82, 2.24) is 0 Å². The third kappa shape index (κ3) is 19.6. The number of carbonyl (C=O) groups is 6. The maximum Gasteiger partial charge on any atom is 0.211 e. The Labute approximate surface area is 681 Å². The number of hydrogen-bond acceptors (Lipinski definition) is 38. The van der Waals surface area contributed by atoms with Crippen LogP contribution >= 0.6 is 0 Å². The molecule has 0 bridgehead atoms. The molecule has 0 amide bonds. The first-order valence-corrected chi connectivity index (χ1v) is 32.3. The van der Waals surface area contributed by atoms with Crippen LogP contribution in [0, 0.1) is 40.7 Å². The lowest BCUT2D eigenvalue weighted by Gasteiger charge is -2.09. The average Bonchev–Trinajstić information content (AvgIpc) is 0.785. The molecule has 0 fully saturated rings. The zero-order valence-electron chi connectivity index (χ0n) is 60.0. The minimum atomic E-state index is -1.62. The molecule has 45 heteroatoms. The summed E-state index contributed by atoms with van der Waals surface area (Å²) in [5.41, 5.74) is -5.57. The molecule has 0 saturated carbocycles. The first kappa shape index (κ1) is 94.6. The fourth-order valence-electron chi connectivity index (χ4n) is 9.92. The molecular weight excluding hydrogens is 1690 g/mol. The van der Waals surface area contributed by atoms with Gasteiger partial charge in [0.25, 0.3) is 0 Å². The van der Waals surface area contributed by atoms with Crippen molar-refractivity contribution >= 4 is 34.7 Å². The summed E-state index contributed by atoms with van der Waals surface area (Å²) < 4.78 is 92.5. The monoisotopic (exact) mass is 1750 g/mol. The zero-order chi connectivity index (χ0) is 92.8. The SMILES string of the molecule is C.O=C(c1cc(O)c(F)c(O)c1)c1ccc(O)c(O)c1O.O=C(c1cc(O)c(O)c(F)c1)c1ccc(O)c(O)c1O.O=C(c1cc(O)c(O)c(O)c1)c1cc(O)c(F)c(O)c1F.O=C(c1cc(O)c(O)c(O)c1)c1cc(O)c(F)c(O)c1O.O=C(c1cc(O)c(O)c(O)c1)c1cc(O)c(O)c(F)c1O.O=C(c1cc(O)c(O)c(O)c1)c1ccc(F)c(O)c1O. The fraction of sp³-hybridized carbons (Fsp3) is 0.0127. The van der Waals surface area contributed by atoms with Gasteiger partial charge in [0.2, 0.25) is 34.8 Å². The Morgan fingerprint density at radius 1 is 0.153 bits per heavy atom. The van der Waals surface area contributed by atoms with Crippen molar-refractivity contribution in [2.45, 2.75) is 7.43 Å². The molecule has 12 aromatic carbocycles. The van der Waals surface area contributed by atoms with Crippen LogP contribution in [0.1, 0.15) is 103 Å². The average molecular weight is 1750 g/mol. The summed E-state index contributed by atoms with van der Waals surface area (Å²) in [6, 6.07) is 16.7. The third-order valence-electron chi connectivity index (χ3n) is 16.3. The third-order valence-corrected chi connectivity index (χ3v) is 16.3. The number of phenolic OH excluding ortho intramolecular Hbond substituents is 32. The Bertz CT molecular complexity index is 5610. The Morgan fingerprint density at radius 2 is 0.387 bits per heavy atom. The highest BCUT2D eigenvalue weighted by molar-refractivity contribution is 6.15. The predicted octanol–water partition coefficient (Wildman–Crippen LogP) is 9.69. The van der Waals surface area contributed by atoms with Gasteiger partial charge in [-0.05, 0) is 127 Å². The highest BCUT2D eigenvalue weighted by Gasteiger charge is 2.31. The molecule has 0 heterocycles. The van der Waals surface area contributed by atoms with Gasteiger partial charge in [-0.25, -0.2) is 13.2 Å². The molecule has 0 unspecified atom stereocenters. The van der Waals surface area contributed by atoms with Crippen molar-refractivity contribution in [3.05, 3.63) is 235 Å². The van der Waals surface area contributed by atoms with E-state index in [-0.39, 0.29) is 40.8 Å². The van der Waals surface area contributed by atoms with E-state index in [0.29, 0.717) is 24.3 Å². The molecule has 0 saturated heterocycles. The number of hydrogen-bond donors (Lipinski definition) is 32. The highest BCUT2D eigenvalue weighted by Crippen LogP contribution is 2.47. The number of benzene rings is 12. The van der Waals surface area contributed by atoms with Crippen LogP contribution in [0.25, 0.3) is 0 Å². The number of ketones is 6.